The molecule has 5 nitrogen and oxygen atoms in total. The highest BCUT2D eigenvalue weighted by molar-refractivity contribution is 7.92. The summed E-state index contributed by atoms with van der Waals surface area (Å²) in [5.74, 6) is 0.591. The zero-order valence-corrected chi connectivity index (χ0v) is 15.0. The first-order valence-corrected chi connectivity index (χ1v) is 9.64. The molecule has 0 aliphatic heterocycles. The van der Waals surface area contributed by atoms with Crippen LogP contribution in [-0.2, 0) is 10.0 Å². The molecule has 0 atom stereocenters. The lowest BCUT2D eigenvalue weighted by molar-refractivity contribution is 0.104. The molecule has 0 saturated heterocycles. The third kappa shape index (κ3) is 5.76. The second-order valence-corrected chi connectivity index (χ2v) is 7.30. The number of allylic oxidation sites excluding steroid dienone is 1. The van der Waals surface area contributed by atoms with Crippen LogP contribution in [-0.4, -0.2) is 26.6 Å². The molecule has 25 heavy (non-hydrogen) atoms. The molecule has 0 aromatic heterocycles. The van der Waals surface area contributed by atoms with Gasteiger partial charge in [0.25, 0.3) is 0 Å². The van der Waals surface area contributed by atoms with Crippen molar-refractivity contribution in [2.45, 2.75) is 13.8 Å². The predicted molar refractivity (Wildman–Crippen MR) is 101 cm³/mol. The van der Waals surface area contributed by atoms with Gasteiger partial charge in [-0.2, -0.15) is 0 Å². The number of sulfonamides is 1. The van der Waals surface area contributed by atoms with Crippen LogP contribution in [0.5, 0.6) is 5.75 Å². The number of nitrogens with one attached hydrogen (secondary N) is 1. The second kappa shape index (κ2) is 8.48. The van der Waals surface area contributed by atoms with Gasteiger partial charge >= 0.3 is 0 Å². The molecule has 0 amide bonds. The molecule has 0 heterocycles. The SMILES string of the molecule is CCOc1cccc(C=CC(=O)c2ccc(NS(=O)(=O)CC)cc2)c1. The van der Waals surface area contributed by atoms with E-state index in [1.54, 1.807) is 37.3 Å². The molecule has 0 unspecified atom stereocenters. The average molecular weight is 359 g/mol. The number of ketones is 1. The summed E-state index contributed by atoms with van der Waals surface area (Å²) in [7, 11) is -3.32. The van der Waals surface area contributed by atoms with Crippen LogP contribution < -0.4 is 9.46 Å². The Morgan fingerprint density at radius 3 is 2.48 bits per heavy atom. The molecular formula is C19H21NO4S. The van der Waals surface area contributed by atoms with Crippen molar-refractivity contribution in [1.82, 2.24) is 0 Å². The Bertz CT molecular complexity index is 855. The van der Waals surface area contributed by atoms with Gasteiger partial charge in [0.05, 0.1) is 12.4 Å². The smallest absolute Gasteiger partial charge is 0.232 e. The number of hydrogen-bond donors (Lipinski definition) is 1. The fourth-order valence-electron chi connectivity index (χ4n) is 2.10. The Hall–Kier alpha value is -2.60. The van der Waals surface area contributed by atoms with Crippen molar-refractivity contribution < 1.29 is 17.9 Å². The number of carbonyl (C=O) groups excluding carboxylic acids is 1. The standard InChI is InChI=1S/C19H21NO4S/c1-3-24-18-7-5-6-15(14-18)8-13-19(21)16-9-11-17(12-10-16)20-25(22,23)4-2/h5-14,20H,3-4H2,1-2H3. The van der Waals surface area contributed by atoms with Gasteiger partial charge < -0.3 is 4.74 Å². The highest BCUT2D eigenvalue weighted by atomic mass is 32.2. The first-order chi connectivity index (χ1) is 11.9. The minimum atomic E-state index is -3.32. The average Bonchev–Trinajstić information content (AvgIpc) is 2.61. The molecule has 0 aliphatic carbocycles. The van der Waals surface area contributed by atoms with Crippen LogP contribution in [0.1, 0.15) is 29.8 Å². The Balaban J connectivity index is 2.06. The van der Waals surface area contributed by atoms with Crippen molar-refractivity contribution in [2.75, 3.05) is 17.1 Å². The van der Waals surface area contributed by atoms with E-state index in [-0.39, 0.29) is 11.5 Å². The van der Waals surface area contributed by atoms with Gasteiger partial charge in [0.2, 0.25) is 10.0 Å². The van der Waals surface area contributed by atoms with Crippen molar-refractivity contribution in [2.24, 2.45) is 0 Å². The first kappa shape index (κ1) is 18.7. The summed E-state index contributed by atoms with van der Waals surface area (Å²) in [5, 5.41) is 0. The molecule has 0 aliphatic rings. The lowest BCUT2D eigenvalue weighted by Gasteiger charge is -2.06. The summed E-state index contributed by atoms with van der Waals surface area (Å²) in [4.78, 5) is 12.2. The third-order valence-corrected chi connectivity index (χ3v) is 4.73. The molecule has 1 N–H and O–H groups in total. The molecule has 2 rings (SSSR count). The van der Waals surface area contributed by atoms with Crippen molar-refractivity contribution in [3.05, 3.63) is 65.7 Å². The maximum atomic E-state index is 12.2. The number of anilines is 1. The van der Waals surface area contributed by atoms with Gasteiger partial charge in [-0.05, 0) is 61.9 Å². The minimum Gasteiger partial charge on any atom is -0.494 e. The number of benzene rings is 2. The van der Waals surface area contributed by atoms with Gasteiger partial charge in [0.15, 0.2) is 5.78 Å². The van der Waals surface area contributed by atoms with Crippen molar-refractivity contribution in [3.63, 3.8) is 0 Å². The van der Waals surface area contributed by atoms with E-state index >= 15 is 0 Å². The first-order valence-electron chi connectivity index (χ1n) is 7.99. The van der Waals surface area contributed by atoms with E-state index in [2.05, 4.69) is 4.72 Å². The number of carbonyl (C=O) groups is 1. The molecule has 2 aromatic carbocycles. The molecule has 0 fully saturated rings. The monoisotopic (exact) mass is 359 g/mol. The molecule has 6 heteroatoms. The Morgan fingerprint density at radius 1 is 1.12 bits per heavy atom. The summed E-state index contributed by atoms with van der Waals surface area (Å²) in [6.45, 7) is 4.06. The zero-order valence-electron chi connectivity index (χ0n) is 14.2. The maximum Gasteiger partial charge on any atom is 0.232 e. The summed E-state index contributed by atoms with van der Waals surface area (Å²) in [5.41, 5.74) is 1.79. The molecule has 2 aromatic rings. The summed E-state index contributed by atoms with van der Waals surface area (Å²) >= 11 is 0. The zero-order chi connectivity index (χ0) is 18.3. The van der Waals surface area contributed by atoms with Crippen LogP contribution >= 0.6 is 0 Å². The molecular weight excluding hydrogens is 338 g/mol. The fraction of sp³-hybridized carbons (Fsp3) is 0.211. The third-order valence-electron chi connectivity index (χ3n) is 3.42. The summed E-state index contributed by atoms with van der Waals surface area (Å²) in [6, 6.07) is 13.8. The van der Waals surface area contributed by atoms with Crippen LogP contribution in [0.2, 0.25) is 0 Å². The highest BCUT2D eigenvalue weighted by Crippen LogP contribution is 2.16. The van der Waals surface area contributed by atoms with Crippen LogP contribution in [0.25, 0.3) is 6.08 Å². The maximum absolute atomic E-state index is 12.2. The lowest BCUT2D eigenvalue weighted by Crippen LogP contribution is -2.14. The molecule has 0 saturated carbocycles. The van der Waals surface area contributed by atoms with E-state index in [9.17, 15) is 13.2 Å². The predicted octanol–water partition coefficient (Wildman–Crippen LogP) is 3.74. The fourth-order valence-corrected chi connectivity index (χ4v) is 2.74. The van der Waals surface area contributed by atoms with Crippen LogP contribution in [0, 0.1) is 0 Å². The van der Waals surface area contributed by atoms with Crippen molar-refractivity contribution in [1.29, 1.82) is 0 Å². The van der Waals surface area contributed by atoms with Gasteiger partial charge in [0.1, 0.15) is 5.75 Å². The topological polar surface area (TPSA) is 72.5 Å². The Kier molecular flexibility index (Phi) is 6.36. The number of hydrogen-bond acceptors (Lipinski definition) is 4. The van der Waals surface area contributed by atoms with Crippen molar-refractivity contribution >= 4 is 27.6 Å². The normalized spacial score (nSPS) is 11.4. The van der Waals surface area contributed by atoms with Crippen LogP contribution in [0.3, 0.4) is 0 Å². The number of rotatable bonds is 8. The largest absolute Gasteiger partial charge is 0.494 e. The van der Waals surface area contributed by atoms with Gasteiger partial charge in [-0.1, -0.05) is 18.2 Å². The van der Waals surface area contributed by atoms with E-state index in [1.807, 2.05) is 31.2 Å². The van der Waals surface area contributed by atoms with Gasteiger partial charge in [0, 0.05) is 11.3 Å². The van der Waals surface area contributed by atoms with Crippen LogP contribution in [0.4, 0.5) is 5.69 Å². The lowest BCUT2D eigenvalue weighted by atomic mass is 10.1. The molecule has 0 radical (unpaired) electrons. The summed E-state index contributed by atoms with van der Waals surface area (Å²) < 4.78 is 30.9. The summed E-state index contributed by atoms with van der Waals surface area (Å²) in [6.07, 6.45) is 3.20. The Morgan fingerprint density at radius 2 is 1.84 bits per heavy atom. The number of ether oxygens (including phenoxy) is 1. The van der Waals surface area contributed by atoms with Crippen LogP contribution in [0.15, 0.2) is 54.6 Å². The van der Waals surface area contributed by atoms with E-state index in [0.717, 1.165) is 11.3 Å². The van der Waals surface area contributed by atoms with Gasteiger partial charge in [-0.15, -0.1) is 0 Å². The quantitative estimate of drug-likeness (QED) is 0.576. The van der Waals surface area contributed by atoms with E-state index in [1.165, 1.54) is 6.08 Å². The van der Waals surface area contributed by atoms with Gasteiger partial charge in [-0.25, -0.2) is 8.42 Å². The molecule has 0 spiro atoms. The molecule has 0 bridgehead atoms. The van der Waals surface area contributed by atoms with E-state index < -0.39 is 10.0 Å². The Labute approximate surface area is 148 Å². The molecule has 132 valence electrons. The van der Waals surface area contributed by atoms with E-state index in [0.29, 0.717) is 17.9 Å². The van der Waals surface area contributed by atoms with Gasteiger partial charge in [-0.3, -0.25) is 9.52 Å². The van der Waals surface area contributed by atoms with E-state index in [4.69, 9.17) is 4.74 Å². The second-order valence-electron chi connectivity index (χ2n) is 5.29. The minimum absolute atomic E-state index is 0.00275. The van der Waals surface area contributed by atoms with Crippen molar-refractivity contribution in [3.8, 4) is 5.75 Å². The highest BCUT2D eigenvalue weighted by Gasteiger charge is 2.07.